The van der Waals surface area contributed by atoms with Gasteiger partial charge in [0.05, 0.1) is 6.54 Å². The highest BCUT2D eigenvalue weighted by Crippen LogP contribution is 2.22. The molecule has 4 nitrogen and oxygen atoms in total. The van der Waals surface area contributed by atoms with E-state index in [0.29, 0.717) is 12.5 Å². The lowest BCUT2D eigenvalue weighted by molar-refractivity contribution is -0.119. The first-order valence-corrected chi connectivity index (χ1v) is 7.21. The van der Waals surface area contributed by atoms with E-state index in [1.165, 1.54) is 0 Å². The predicted molar refractivity (Wildman–Crippen MR) is 81.5 cm³/mol. The summed E-state index contributed by atoms with van der Waals surface area (Å²) in [6.45, 7) is 5.71. The first kappa shape index (κ1) is 16.1. The van der Waals surface area contributed by atoms with Crippen molar-refractivity contribution in [2.45, 2.75) is 19.9 Å². The fourth-order valence-corrected chi connectivity index (χ4v) is 2.42. The second-order valence-electron chi connectivity index (χ2n) is 5.09. The zero-order valence-electron chi connectivity index (χ0n) is 11.5. The zero-order valence-corrected chi connectivity index (χ0v) is 13.1. The van der Waals surface area contributed by atoms with Crippen LogP contribution in [0.25, 0.3) is 0 Å². The molecule has 0 spiro atoms. The summed E-state index contributed by atoms with van der Waals surface area (Å²) >= 11 is 3.42. The van der Waals surface area contributed by atoms with Crippen LogP contribution in [0.1, 0.15) is 25.5 Å². The molecule has 1 aromatic rings. The molecule has 19 heavy (non-hydrogen) atoms. The molecule has 0 bridgehead atoms. The number of hydrogen-bond donors (Lipinski definition) is 2. The number of halogens is 1. The smallest absolute Gasteiger partial charge is 0.231 e. The van der Waals surface area contributed by atoms with E-state index in [2.05, 4.69) is 34.7 Å². The van der Waals surface area contributed by atoms with Crippen LogP contribution >= 0.6 is 15.9 Å². The number of carbonyl (C=O) groups excluding carboxylic acids is 1. The zero-order chi connectivity index (χ0) is 14.4. The van der Waals surface area contributed by atoms with Crippen LogP contribution in [0.3, 0.4) is 0 Å². The van der Waals surface area contributed by atoms with Crippen LogP contribution < -0.4 is 11.5 Å². The molecular weight excluding hydrogens is 306 g/mol. The van der Waals surface area contributed by atoms with Crippen LogP contribution in [0.4, 0.5) is 0 Å². The summed E-state index contributed by atoms with van der Waals surface area (Å²) in [6, 6.07) is 8.03. The van der Waals surface area contributed by atoms with Crippen molar-refractivity contribution in [3.05, 3.63) is 34.3 Å². The predicted octanol–water partition coefficient (Wildman–Crippen LogP) is 1.89. The van der Waals surface area contributed by atoms with Crippen LogP contribution in [0, 0.1) is 5.92 Å². The molecule has 0 saturated carbocycles. The van der Waals surface area contributed by atoms with Crippen molar-refractivity contribution in [3.63, 3.8) is 0 Å². The third-order valence-corrected chi connectivity index (χ3v) is 3.41. The maximum absolute atomic E-state index is 11.2. The van der Waals surface area contributed by atoms with Crippen molar-refractivity contribution in [2.75, 3.05) is 19.6 Å². The Morgan fingerprint density at radius 1 is 1.32 bits per heavy atom. The number of carbonyl (C=O) groups is 1. The number of amides is 1. The highest BCUT2D eigenvalue weighted by Gasteiger charge is 2.21. The minimum Gasteiger partial charge on any atom is -0.369 e. The first-order chi connectivity index (χ1) is 8.93. The Kier molecular flexibility index (Phi) is 6.48. The van der Waals surface area contributed by atoms with Crippen LogP contribution in [0.2, 0.25) is 0 Å². The molecule has 4 N–H and O–H groups in total. The lowest BCUT2D eigenvalue weighted by atomic mass is 10.0. The number of primary amides is 1. The van der Waals surface area contributed by atoms with Crippen molar-refractivity contribution in [1.82, 2.24) is 4.90 Å². The van der Waals surface area contributed by atoms with Gasteiger partial charge in [0.15, 0.2) is 0 Å². The summed E-state index contributed by atoms with van der Waals surface area (Å²) in [5.74, 6) is 0.125. The maximum atomic E-state index is 11.2. The van der Waals surface area contributed by atoms with Crippen LogP contribution in [0.5, 0.6) is 0 Å². The lowest BCUT2D eigenvalue weighted by Gasteiger charge is -2.31. The van der Waals surface area contributed by atoms with E-state index in [1.54, 1.807) is 0 Å². The standard InChI is InChI=1S/C14H22BrN3O/c1-10(2)8-18(9-14(17)19)13(7-16)11-3-5-12(15)6-4-11/h3-6,10,13H,7-9,16H2,1-2H3,(H2,17,19). The van der Waals surface area contributed by atoms with Gasteiger partial charge in [-0.2, -0.15) is 0 Å². The van der Waals surface area contributed by atoms with Gasteiger partial charge in [0.1, 0.15) is 0 Å². The molecule has 0 aliphatic carbocycles. The van der Waals surface area contributed by atoms with Gasteiger partial charge in [-0.15, -0.1) is 0 Å². The monoisotopic (exact) mass is 327 g/mol. The van der Waals surface area contributed by atoms with Gasteiger partial charge in [-0.25, -0.2) is 0 Å². The van der Waals surface area contributed by atoms with Gasteiger partial charge in [-0.05, 0) is 23.6 Å². The molecule has 0 saturated heterocycles. The van der Waals surface area contributed by atoms with Crippen molar-refractivity contribution in [1.29, 1.82) is 0 Å². The van der Waals surface area contributed by atoms with Crippen molar-refractivity contribution >= 4 is 21.8 Å². The lowest BCUT2D eigenvalue weighted by Crippen LogP contribution is -2.41. The Morgan fingerprint density at radius 3 is 2.32 bits per heavy atom. The summed E-state index contributed by atoms with van der Waals surface area (Å²) in [4.78, 5) is 13.3. The molecule has 1 unspecified atom stereocenters. The summed E-state index contributed by atoms with van der Waals surface area (Å²) in [7, 11) is 0. The Labute approximate surface area is 123 Å². The van der Waals surface area contributed by atoms with Crippen LogP contribution in [0.15, 0.2) is 28.7 Å². The van der Waals surface area contributed by atoms with Gasteiger partial charge in [0.25, 0.3) is 0 Å². The van der Waals surface area contributed by atoms with E-state index in [1.807, 2.05) is 24.3 Å². The fraction of sp³-hybridized carbons (Fsp3) is 0.500. The van der Waals surface area contributed by atoms with E-state index in [0.717, 1.165) is 16.6 Å². The molecular formula is C14H22BrN3O. The molecule has 1 aromatic carbocycles. The highest BCUT2D eigenvalue weighted by atomic mass is 79.9. The molecule has 0 aliphatic rings. The molecule has 1 rings (SSSR count). The van der Waals surface area contributed by atoms with Crippen molar-refractivity contribution in [3.8, 4) is 0 Å². The Balaban J connectivity index is 2.94. The van der Waals surface area contributed by atoms with Gasteiger partial charge >= 0.3 is 0 Å². The minimum absolute atomic E-state index is 0.0167. The third kappa shape index (κ3) is 5.30. The Bertz CT molecular complexity index is 406. The van der Waals surface area contributed by atoms with E-state index in [4.69, 9.17) is 11.5 Å². The molecule has 1 atom stereocenters. The highest BCUT2D eigenvalue weighted by molar-refractivity contribution is 9.10. The van der Waals surface area contributed by atoms with E-state index in [9.17, 15) is 4.79 Å². The van der Waals surface area contributed by atoms with Crippen molar-refractivity contribution in [2.24, 2.45) is 17.4 Å². The average Bonchev–Trinajstić information content (AvgIpc) is 2.30. The number of nitrogens with zero attached hydrogens (tertiary/aromatic N) is 1. The van der Waals surface area contributed by atoms with E-state index >= 15 is 0 Å². The molecule has 5 heteroatoms. The van der Waals surface area contributed by atoms with E-state index in [-0.39, 0.29) is 18.5 Å². The summed E-state index contributed by atoms with van der Waals surface area (Å²) in [5.41, 5.74) is 12.3. The second kappa shape index (κ2) is 7.62. The topological polar surface area (TPSA) is 72.3 Å². The van der Waals surface area contributed by atoms with E-state index < -0.39 is 0 Å². The Morgan fingerprint density at radius 2 is 1.89 bits per heavy atom. The van der Waals surface area contributed by atoms with Crippen LogP contribution in [-0.4, -0.2) is 30.4 Å². The largest absolute Gasteiger partial charge is 0.369 e. The molecule has 0 aromatic heterocycles. The molecule has 106 valence electrons. The first-order valence-electron chi connectivity index (χ1n) is 6.42. The quantitative estimate of drug-likeness (QED) is 0.803. The van der Waals surface area contributed by atoms with Crippen LogP contribution in [-0.2, 0) is 4.79 Å². The number of hydrogen-bond acceptors (Lipinski definition) is 3. The van der Waals surface area contributed by atoms with Gasteiger partial charge in [0.2, 0.25) is 5.91 Å². The summed E-state index contributed by atoms with van der Waals surface area (Å²) in [5, 5.41) is 0. The van der Waals surface area contributed by atoms with Gasteiger partial charge < -0.3 is 11.5 Å². The number of rotatable bonds is 7. The average molecular weight is 328 g/mol. The summed E-state index contributed by atoms with van der Waals surface area (Å²) in [6.07, 6.45) is 0. The molecule has 1 amide bonds. The minimum atomic E-state index is -0.323. The Hall–Kier alpha value is -0.910. The second-order valence-corrected chi connectivity index (χ2v) is 6.01. The van der Waals surface area contributed by atoms with Crippen molar-refractivity contribution < 1.29 is 4.79 Å². The maximum Gasteiger partial charge on any atom is 0.231 e. The third-order valence-electron chi connectivity index (χ3n) is 2.88. The van der Waals surface area contributed by atoms with Gasteiger partial charge in [-0.1, -0.05) is 41.9 Å². The van der Waals surface area contributed by atoms with Gasteiger partial charge in [0, 0.05) is 23.6 Å². The number of nitrogens with two attached hydrogens (primary N) is 2. The number of benzene rings is 1. The normalized spacial score (nSPS) is 12.9. The molecule has 0 aliphatic heterocycles. The molecule has 0 heterocycles. The molecule has 0 fully saturated rings. The molecule has 0 radical (unpaired) electrons. The van der Waals surface area contributed by atoms with Gasteiger partial charge in [-0.3, -0.25) is 9.69 Å². The summed E-state index contributed by atoms with van der Waals surface area (Å²) < 4.78 is 1.03. The SMILES string of the molecule is CC(C)CN(CC(N)=O)C(CN)c1ccc(Br)cc1. The fourth-order valence-electron chi connectivity index (χ4n) is 2.15.